The van der Waals surface area contributed by atoms with E-state index in [0.29, 0.717) is 0 Å². The van der Waals surface area contributed by atoms with Gasteiger partial charge in [0.15, 0.2) is 11.5 Å². The lowest BCUT2D eigenvalue weighted by Crippen LogP contribution is -2.30. The summed E-state index contributed by atoms with van der Waals surface area (Å²) in [5, 5.41) is 0. The van der Waals surface area contributed by atoms with E-state index in [1.54, 1.807) is 14.2 Å². The molecule has 0 amide bonds. The maximum absolute atomic E-state index is 5.40. The van der Waals surface area contributed by atoms with Crippen molar-refractivity contribution in [1.29, 1.82) is 0 Å². The van der Waals surface area contributed by atoms with Crippen molar-refractivity contribution in [2.45, 2.75) is 19.5 Å². The summed E-state index contributed by atoms with van der Waals surface area (Å²) in [6.07, 6.45) is 2.88. The van der Waals surface area contributed by atoms with Crippen LogP contribution in [0.25, 0.3) is 0 Å². The van der Waals surface area contributed by atoms with Crippen LogP contribution >= 0.6 is 0 Å². The number of nitrogens with zero attached hydrogens (tertiary/aromatic N) is 2. The minimum atomic E-state index is 0.802. The maximum Gasteiger partial charge on any atom is 0.161 e. The molecule has 0 radical (unpaired) electrons. The van der Waals surface area contributed by atoms with Gasteiger partial charge >= 0.3 is 0 Å². The van der Waals surface area contributed by atoms with Gasteiger partial charge in [-0.25, -0.2) is 0 Å². The van der Waals surface area contributed by atoms with Crippen LogP contribution in [0.5, 0.6) is 11.5 Å². The number of fused-ring (bicyclic) bond motifs is 1. The largest absolute Gasteiger partial charge is 0.493 e. The Hall–Kier alpha value is -2.07. The second kappa shape index (κ2) is 6.14. The number of aromatic nitrogens is 1. The molecule has 2 aromatic rings. The van der Waals surface area contributed by atoms with E-state index in [2.05, 4.69) is 28.1 Å². The number of hydrogen-bond donors (Lipinski definition) is 0. The molecule has 0 atom stereocenters. The monoisotopic (exact) mass is 284 g/mol. The summed E-state index contributed by atoms with van der Waals surface area (Å²) in [5.74, 6) is 1.62. The Bertz CT molecular complexity index is 614. The molecule has 1 aliphatic heterocycles. The van der Waals surface area contributed by atoms with Gasteiger partial charge in [0.05, 0.1) is 19.9 Å². The lowest BCUT2D eigenvalue weighted by molar-refractivity contribution is 0.241. The molecule has 0 saturated carbocycles. The molecule has 0 saturated heterocycles. The van der Waals surface area contributed by atoms with E-state index in [9.17, 15) is 0 Å². The van der Waals surface area contributed by atoms with Crippen molar-refractivity contribution in [3.05, 3.63) is 53.3 Å². The Labute approximate surface area is 125 Å². The molecule has 21 heavy (non-hydrogen) atoms. The number of methoxy groups -OCH3 is 2. The molecule has 4 heteroatoms. The Morgan fingerprint density at radius 2 is 1.86 bits per heavy atom. The van der Waals surface area contributed by atoms with E-state index in [4.69, 9.17) is 9.47 Å². The molecule has 1 aromatic carbocycles. The average Bonchev–Trinajstić information content (AvgIpc) is 2.54. The van der Waals surface area contributed by atoms with Crippen molar-refractivity contribution >= 4 is 0 Å². The normalized spacial score (nSPS) is 14.6. The van der Waals surface area contributed by atoms with Gasteiger partial charge in [0, 0.05) is 25.8 Å². The van der Waals surface area contributed by atoms with Crippen LogP contribution in [0.4, 0.5) is 0 Å². The molecule has 110 valence electrons. The Morgan fingerprint density at radius 3 is 2.52 bits per heavy atom. The minimum Gasteiger partial charge on any atom is -0.493 e. The molecule has 4 nitrogen and oxygen atoms in total. The zero-order chi connectivity index (χ0) is 14.7. The zero-order valence-electron chi connectivity index (χ0n) is 12.5. The summed E-state index contributed by atoms with van der Waals surface area (Å²) in [6.45, 7) is 2.85. The molecule has 1 aromatic heterocycles. The Kier molecular flexibility index (Phi) is 4.06. The molecule has 0 fully saturated rings. The molecule has 0 spiro atoms. The van der Waals surface area contributed by atoms with Crippen LogP contribution in [-0.2, 0) is 19.5 Å². The van der Waals surface area contributed by atoms with Crippen LogP contribution in [0.3, 0.4) is 0 Å². The number of benzene rings is 1. The highest BCUT2D eigenvalue weighted by Crippen LogP contribution is 2.33. The van der Waals surface area contributed by atoms with E-state index in [0.717, 1.165) is 43.2 Å². The quantitative estimate of drug-likeness (QED) is 0.864. The standard InChI is InChI=1S/C17H20N2O2/c1-20-16-9-13-6-8-19(11-14(13)10-17(16)21-2)12-15-5-3-4-7-18-15/h3-5,7,9-10H,6,8,11-12H2,1-2H3. The van der Waals surface area contributed by atoms with E-state index in [-0.39, 0.29) is 0 Å². The van der Waals surface area contributed by atoms with Gasteiger partial charge in [-0.05, 0) is 41.8 Å². The van der Waals surface area contributed by atoms with Crippen LogP contribution < -0.4 is 9.47 Å². The molecule has 1 aliphatic rings. The van der Waals surface area contributed by atoms with Gasteiger partial charge in [-0.15, -0.1) is 0 Å². The smallest absolute Gasteiger partial charge is 0.161 e. The summed E-state index contributed by atoms with van der Waals surface area (Å²) in [6, 6.07) is 10.3. The van der Waals surface area contributed by atoms with Crippen molar-refractivity contribution in [2.24, 2.45) is 0 Å². The van der Waals surface area contributed by atoms with Crippen molar-refractivity contribution in [3.63, 3.8) is 0 Å². The van der Waals surface area contributed by atoms with E-state index in [1.807, 2.05) is 18.3 Å². The van der Waals surface area contributed by atoms with Gasteiger partial charge in [-0.2, -0.15) is 0 Å². The van der Waals surface area contributed by atoms with Crippen molar-refractivity contribution < 1.29 is 9.47 Å². The second-order valence-electron chi connectivity index (χ2n) is 5.26. The van der Waals surface area contributed by atoms with Crippen molar-refractivity contribution in [3.8, 4) is 11.5 Å². The fraction of sp³-hybridized carbons (Fsp3) is 0.353. The molecular formula is C17H20N2O2. The van der Waals surface area contributed by atoms with E-state index in [1.165, 1.54) is 11.1 Å². The van der Waals surface area contributed by atoms with Crippen LogP contribution in [-0.4, -0.2) is 30.6 Å². The first-order valence-electron chi connectivity index (χ1n) is 7.16. The van der Waals surface area contributed by atoms with Gasteiger partial charge in [0.25, 0.3) is 0 Å². The highest BCUT2D eigenvalue weighted by Gasteiger charge is 2.19. The molecule has 0 N–H and O–H groups in total. The highest BCUT2D eigenvalue weighted by molar-refractivity contribution is 5.48. The van der Waals surface area contributed by atoms with Crippen LogP contribution in [0, 0.1) is 0 Å². The summed E-state index contributed by atoms with van der Waals surface area (Å²) < 4.78 is 10.8. The summed E-state index contributed by atoms with van der Waals surface area (Å²) in [4.78, 5) is 6.82. The predicted molar refractivity (Wildman–Crippen MR) is 81.6 cm³/mol. The van der Waals surface area contributed by atoms with Crippen LogP contribution in [0.2, 0.25) is 0 Å². The topological polar surface area (TPSA) is 34.6 Å². The summed E-state index contributed by atoms with van der Waals surface area (Å²) >= 11 is 0. The number of pyridine rings is 1. The Balaban J connectivity index is 1.78. The van der Waals surface area contributed by atoms with Crippen molar-refractivity contribution in [2.75, 3.05) is 20.8 Å². The molecule has 0 aliphatic carbocycles. The fourth-order valence-electron chi connectivity index (χ4n) is 2.80. The lowest BCUT2D eigenvalue weighted by Gasteiger charge is -2.29. The van der Waals surface area contributed by atoms with Crippen molar-refractivity contribution in [1.82, 2.24) is 9.88 Å². The first-order valence-corrected chi connectivity index (χ1v) is 7.16. The SMILES string of the molecule is COc1cc2c(cc1OC)CN(Cc1ccccn1)CC2. The first kappa shape index (κ1) is 13.9. The average molecular weight is 284 g/mol. The summed E-state index contributed by atoms with van der Waals surface area (Å²) in [5.41, 5.74) is 3.78. The third kappa shape index (κ3) is 3.00. The Morgan fingerprint density at radius 1 is 1.10 bits per heavy atom. The third-order valence-electron chi connectivity index (χ3n) is 3.91. The highest BCUT2D eigenvalue weighted by atomic mass is 16.5. The maximum atomic E-state index is 5.40. The second-order valence-corrected chi connectivity index (χ2v) is 5.26. The minimum absolute atomic E-state index is 0.802. The van der Waals surface area contributed by atoms with Gasteiger partial charge in [0.1, 0.15) is 0 Å². The van der Waals surface area contributed by atoms with Gasteiger partial charge in [-0.1, -0.05) is 6.07 Å². The van der Waals surface area contributed by atoms with Crippen LogP contribution in [0.1, 0.15) is 16.8 Å². The number of rotatable bonds is 4. The van der Waals surface area contributed by atoms with Gasteiger partial charge < -0.3 is 9.47 Å². The molecule has 0 bridgehead atoms. The zero-order valence-corrected chi connectivity index (χ0v) is 12.5. The van der Waals surface area contributed by atoms with E-state index < -0.39 is 0 Å². The number of hydrogen-bond acceptors (Lipinski definition) is 4. The third-order valence-corrected chi connectivity index (χ3v) is 3.91. The number of ether oxygens (including phenoxy) is 2. The lowest BCUT2D eigenvalue weighted by atomic mass is 9.98. The van der Waals surface area contributed by atoms with Gasteiger partial charge in [0.2, 0.25) is 0 Å². The van der Waals surface area contributed by atoms with E-state index >= 15 is 0 Å². The molecule has 0 unspecified atom stereocenters. The fourth-order valence-corrected chi connectivity index (χ4v) is 2.80. The molecular weight excluding hydrogens is 264 g/mol. The van der Waals surface area contributed by atoms with Crippen LogP contribution in [0.15, 0.2) is 36.5 Å². The molecule has 2 heterocycles. The first-order chi connectivity index (χ1) is 10.3. The predicted octanol–water partition coefficient (Wildman–Crippen LogP) is 2.66. The summed E-state index contributed by atoms with van der Waals surface area (Å²) in [7, 11) is 3.36. The molecule has 3 rings (SSSR count). The van der Waals surface area contributed by atoms with Gasteiger partial charge in [-0.3, -0.25) is 9.88 Å².